The first-order chi connectivity index (χ1) is 16.8. The minimum absolute atomic E-state index is 0.0771. The first kappa shape index (κ1) is 28.7. The molecule has 0 unspecified atom stereocenters. The normalized spacial score (nSPS) is 13.8. The summed E-state index contributed by atoms with van der Waals surface area (Å²) in [7, 11) is 0. The number of imide groups is 1. The zero-order chi connectivity index (χ0) is 27.1. The van der Waals surface area contributed by atoms with Crippen LogP contribution in [0.4, 0.5) is 5.69 Å². The van der Waals surface area contributed by atoms with Gasteiger partial charge in [-0.25, -0.2) is 4.79 Å². The predicted molar refractivity (Wildman–Crippen MR) is 143 cm³/mol. The number of halogens is 5. The van der Waals surface area contributed by atoms with E-state index in [0.717, 1.165) is 20.5 Å². The molecule has 3 rings (SSSR count). The van der Waals surface area contributed by atoms with Crippen LogP contribution >= 0.6 is 62.3 Å². The van der Waals surface area contributed by atoms with Crippen LogP contribution in [0.25, 0.3) is 0 Å². The van der Waals surface area contributed by atoms with Crippen LogP contribution in [0.1, 0.15) is 52.1 Å². The van der Waals surface area contributed by atoms with Crippen molar-refractivity contribution in [3.63, 3.8) is 0 Å². The summed E-state index contributed by atoms with van der Waals surface area (Å²) in [5, 5.41) is 1.83. The van der Waals surface area contributed by atoms with E-state index in [1.165, 1.54) is 0 Å². The molecule has 1 N–H and O–H groups in total. The zero-order valence-electron chi connectivity index (χ0n) is 19.6. The lowest BCUT2D eigenvalue weighted by Crippen LogP contribution is -2.47. The van der Waals surface area contributed by atoms with Crippen LogP contribution in [0, 0.1) is 19.8 Å². The molecule has 2 aromatic carbocycles. The molecule has 0 fully saturated rings. The molecule has 0 bridgehead atoms. The van der Waals surface area contributed by atoms with Crippen molar-refractivity contribution < 1.29 is 23.9 Å². The molecule has 0 saturated heterocycles. The highest BCUT2D eigenvalue weighted by Crippen LogP contribution is 2.45. The van der Waals surface area contributed by atoms with E-state index in [1.807, 2.05) is 13.8 Å². The van der Waals surface area contributed by atoms with Crippen LogP contribution in [0.15, 0.2) is 16.6 Å². The fourth-order valence-electron chi connectivity index (χ4n) is 3.85. The van der Waals surface area contributed by atoms with Gasteiger partial charge in [0.05, 0.1) is 31.2 Å². The van der Waals surface area contributed by atoms with E-state index in [-0.39, 0.29) is 43.6 Å². The fraction of sp³-hybridized carbons (Fsp3) is 0.333. The van der Waals surface area contributed by atoms with Crippen LogP contribution in [0.5, 0.6) is 0 Å². The number of aryl methyl sites for hydroxylation is 2. The Balaban J connectivity index is 1.82. The lowest BCUT2D eigenvalue weighted by atomic mass is 10.0. The molecule has 36 heavy (non-hydrogen) atoms. The summed E-state index contributed by atoms with van der Waals surface area (Å²) in [4.78, 5) is 52.7. The number of amides is 3. The van der Waals surface area contributed by atoms with E-state index < -0.39 is 36.3 Å². The molecule has 1 heterocycles. The van der Waals surface area contributed by atoms with Gasteiger partial charge in [0.2, 0.25) is 0 Å². The number of carbonyl (C=O) groups is 4. The van der Waals surface area contributed by atoms with Gasteiger partial charge in [-0.15, -0.1) is 0 Å². The summed E-state index contributed by atoms with van der Waals surface area (Å²) in [5.74, 6) is -3.34. The van der Waals surface area contributed by atoms with Gasteiger partial charge < -0.3 is 10.1 Å². The maximum absolute atomic E-state index is 13.2. The highest BCUT2D eigenvalue weighted by Gasteiger charge is 2.47. The summed E-state index contributed by atoms with van der Waals surface area (Å²) >= 11 is 28.0. The van der Waals surface area contributed by atoms with Crippen molar-refractivity contribution >= 4 is 91.7 Å². The second kappa shape index (κ2) is 11.3. The van der Waals surface area contributed by atoms with Gasteiger partial charge in [-0.1, -0.05) is 76.2 Å². The Hall–Kier alpha value is -1.84. The van der Waals surface area contributed by atoms with Gasteiger partial charge in [0.15, 0.2) is 6.61 Å². The summed E-state index contributed by atoms with van der Waals surface area (Å²) < 4.78 is 6.14. The zero-order valence-corrected chi connectivity index (χ0v) is 24.2. The highest BCUT2D eigenvalue weighted by molar-refractivity contribution is 9.10. The minimum Gasteiger partial charge on any atom is -0.454 e. The molecule has 12 heteroatoms. The Morgan fingerprint density at radius 2 is 1.42 bits per heavy atom. The van der Waals surface area contributed by atoms with Gasteiger partial charge >= 0.3 is 5.97 Å². The van der Waals surface area contributed by atoms with E-state index in [2.05, 4.69) is 21.2 Å². The van der Waals surface area contributed by atoms with Crippen molar-refractivity contribution in [2.24, 2.45) is 5.92 Å². The molecule has 0 spiro atoms. The van der Waals surface area contributed by atoms with Crippen molar-refractivity contribution in [2.45, 2.75) is 40.2 Å². The van der Waals surface area contributed by atoms with E-state index >= 15 is 0 Å². The first-order valence-corrected chi connectivity index (χ1v) is 13.0. The second-order valence-corrected chi connectivity index (χ2v) is 11.0. The second-order valence-electron chi connectivity index (χ2n) is 8.71. The molecular formula is C24H21BrCl4N2O5. The number of anilines is 1. The first-order valence-electron chi connectivity index (χ1n) is 10.7. The van der Waals surface area contributed by atoms with Crippen LogP contribution in [-0.2, 0) is 14.3 Å². The van der Waals surface area contributed by atoms with Crippen molar-refractivity contribution in [3.8, 4) is 0 Å². The van der Waals surface area contributed by atoms with Crippen LogP contribution in [-0.4, -0.2) is 41.2 Å². The highest BCUT2D eigenvalue weighted by atomic mass is 79.9. The van der Waals surface area contributed by atoms with Gasteiger partial charge in [-0.2, -0.15) is 0 Å². The SMILES string of the molecule is Cc1cc(NC(=O)COC(=O)[C@H](CC(C)C)N2C(=O)c3c(Cl)c(Cl)c(Cl)c(Cl)c3C2=O)cc(C)c1Br. The van der Waals surface area contributed by atoms with E-state index in [0.29, 0.717) is 5.69 Å². The number of benzene rings is 2. The standard InChI is InChI=1S/C24H21BrCl4N2O5/c1-9(2)5-13(24(35)36-8-14(32)30-12-6-10(3)17(25)11(4)7-12)31-22(33)15-16(23(31)34)19(27)21(29)20(28)18(15)26/h6-7,9,13H,5,8H2,1-4H3,(H,30,32)/t13-/m0/s1. The fourth-order valence-corrected chi connectivity index (χ4v) is 5.09. The number of esters is 1. The number of nitrogens with zero attached hydrogens (tertiary/aromatic N) is 1. The van der Waals surface area contributed by atoms with Gasteiger partial charge in [-0.05, 0) is 49.4 Å². The van der Waals surface area contributed by atoms with Crippen LogP contribution < -0.4 is 5.32 Å². The van der Waals surface area contributed by atoms with E-state index in [1.54, 1.807) is 26.0 Å². The van der Waals surface area contributed by atoms with Crippen molar-refractivity contribution in [1.82, 2.24) is 4.90 Å². The molecule has 1 atom stereocenters. The largest absolute Gasteiger partial charge is 0.454 e. The number of hydrogen-bond acceptors (Lipinski definition) is 5. The Bertz CT molecular complexity index is 1230. The summed E-state index contributed by atoms with van der Waals surface area (Å²) in [6, 6.07) is 2.20. The van der Waals surface area contributed by atoms with E-state index in [9.17, 15) is 19.2 Å². The third-order valence-corrected chi connectivity index (χ3v) is 8.53. The Labute approximate surface area is 236 Å². The summed E-state index contributed by atoms with van der Waals surface area (Å²) in [5.41, 5.74) is 1.90. The molecule has 0 aliphatic carbocycles. The monoisotopic (exact) mass is 636 g/mol. The molecule has 1 aliphatic rings. The summed E-state index contributed by atoms with van der Waals surface area (Å²) in [6.07, 6.45) is 0.0771. The molecular weight excluding hydrogens is 618 g/mol. The smallest absolute Gasteiger partial charge is 0.329 e. The minimum atomic E-state index is -1.33. The number of carbonyl (C=O) groups excluding carboxylic acids is 4. The molecule has 0 aromatic heterocycles. The average molecular weight is 639 g/mol. The molecule has 3 amide bonds. The maximum Gasteiger partial charge on any atom is 0.329 e. The average Bonchev–Trinajstić information content (AvgIpc) is 3.06. The van der Waals surface area contributed by atoms with Crippen LogP contribution in [0.2, 0.25) is 20.1 Å². The number of fused-ring (bicyclic) bond motifs is 1. The molecule has 192 valence electrons. The Kier molecular flexibility index (Phi) is 8.99. The van der Waals surface area contributed by atoms with E-state index in [4.69, 9.17) is 51.1 Å². The topological polar surface area (TPSA) is 92.8 Å². The lowest BCUT2D eigenvalue weighted by Gasteiger charge is -2.26. The number of rotatable bonds is 7. The van der Waals surface area contributed by atoms with Gasteiger partial charge in [0.25, 0.3) is 17.7 Å². The lowest BCUT2D eigenvalue weighted by molar-refractivity contribution is -0.151. The number of hydrogen-bond donors (Lipinski definition) is 1. The quantitative estimate of drug-likeness (QED) is 0.155. The Morgan fingerprint density at radius 1 is 0.944 bits per heavy atom. The van der Waals surface area contributed by atoms with Gasteiger partial charge in [0, 0.05) is 10.2 Å². The molecule has 0 saturated carbocycles. The third kappa shape index (κ3) is 5.53. The third-order valence-electron chi connectivity index (χ3n) is 5.48. The predicted octanol–water partition coefficient (Wildman–Crippen LogP) is 6.87. The molecule has 0 radical (unpaired) electrons. The molecule has 7 nitrogen and oxygen atoms in total. The maximum atomic E-state index is 13.2. The van der Waals surface area contributed by atoms with Gasteiger partial charge in [0.1, 0.15) is 6.04 Å². The van der Waals surface area contributed by atoms with Crippen molar-refractivity contribution in [3.05, 3.63) is 58.9 Å². The Morgan fingerprint density at radius 3 is 1.86 bits per heavy atom. The van der Waals surface area contributed by atoms with Gasteiger partial charge in [-0.3, -0.25) is 19.3 Å². The van der Waals surface area contributed by atoms with Crippen molar-refractivity contribution in [2.75, 3.05) is 11.9 Å². The molecule has 1 aliphatic heterocycles. The van der Waals surface area contributed by atoms with Crippen molar-refractivity contribution in [1.29, 1.82) is 0 Å². The summed E-state index contributed by atoms with van der Waals surface area (Å²) in [6.45, 7) is 6.74. The number of ether oxygens (including phenoxy) is 1. The number of nitrogens with one attached hydrogen (secondary N) is 1. The van der Waals surface area contributed by atoms with Crippen LogP contribution in [0.3, 0.4) is 0 Å². The molecule has 2 aromatic rings.